The molecule has 180 valence electrons. The van der Waals surface area contributed by atoms with Gasteiger partial charge in [-0.1, -0.05) is 30.3 Å². The molecule has 1 aliphatic carbocycles. The van der Waals surface area contributed by atoms with Crippen molar-refractivity contribution in [1.82, 2.24) is 4.58 Å². The molecule has 0 aromatic heterocycles. The number of carboxylic acid groups (broad SMARTS) is 1. The number of benzene rings is 3. The van der Waals surface area contributed by atoms with E-state index in [0.29, 0.717) is 0 Å². The van der Waals surface area contributed by atoms with Crippen LogP contribution in [-0.2, 0) is 24.1 Å². The molecule has 35 heavy (non-hydrogen) atoms. The molecule has 2 aliphatic heterocycles. The molecule has 3 aromatic rings. The molecule has 6 rings (SSSR count). The molecule has 0 saturated carbocycles. The van der Waals surface area contributed by atoms with Gasteiger partial charge in [0, 0.05) is 44.3 Å². The van der Waals surface area contributed by atoms with Crippen molar-refractivity contribution >= 4 is 17.2 Å². The first kappa shape index (κ1) is 23.3. The molecule has 0 atom stereocenters. The van der Waals surface area contributed by atoms with E-state index in [-0.39, 0.29) is 0 Å². The maximum Gasteiger partial charge on any atom is 0.300 e. The zero-order valence-corrected chi connectivity index (χ0v) is 21.3. The van der Waals surface area contributed by atoms with Crippen molar-refractivity contribution in [3.63, 3.8) is 0 Å². The van der Waals surface area contributed by atoms with Crippen LogP contribution in [0, 0.1) is 6.92 Å². The lowest BCUT2D eigenvalue weighted by atomic mass is 9.77. The fourth-order valence-electron chi connectivity index (χ4n) is 6.20. The summed E-state index contributed by atoms with van der Waals surface area (Å²) in [6.45, 7) is 5.67. The number of carbonyl (C=O) groups is 1. The normalized spacial score (nSPS) is 15.8. The van der Waals surface area contributed by atoms with Gasteiger partial charge < -0.3 is 10.0 Å². The number of rotatable bonds is 1. The summed E-state index contributed by atoms with van der Waals surface area (Å²) in [6.07, 6.45) is 5.99. The van der Waals surface area contributed by atoms with E-state index in [1.54, 1.807) is 22.3 Å². The van der Waals surface area contributed by atoms with Gasteiger partial charge in [0.05, 0.1) is 0 Å². The molecule has 0 radical (unpaired) electrons. The van der Waals surface area contributed by atoms with Crippen molar-refractivity contribution in [3.05, 3.63) is 98.1 Å². The van der Waals surface area contributed by atoms with Crippen LogP contribution in [0.1, 0.15) is 58.7 Å². The molecule has 0 saturated heterocycles. The van der Waals surface area contributed by atoms with E-state index in [2.05, 4.69) is 79.0 Å². The van der Waals surface area contributed by atoms with Gasteiger partial charge in [-0.05, 0) is 88.9 Å². The van der Waals surface area contributed by atoms with Crippen LogP contribution >= 0.6 is 0 Å². The Hall–Kier alpha value is -3.40. The third-order valence-corrected chi connectivity index (χ3v) is 7.78. The molecule has 1 N–H and O–H groups in total. The lowest BCUT2D eigenvalue weighted by molar-refractivity contribution is -0.134. The molecule has 0 spiro atoms. The first-order valence-corrected chi connectivity index (χ1v) is 12.7. The fourth-order valence-corrected chi connectivity index (χ4v) is 6.20. The summed E-state index contributed by atoms with van der Waals surface area (Å²) in [7, 11) is 4.51. The highest BCUT2D eigenvalue weighted by molar-refractivity contribution is 5.87. The van der Waals surface area contributed by atoms with Gasteiger partial charge in [0.1, 0.15) is 13.6 Å². The average Bonchev–Trinajstić information content (AvgIpc) is 2.83. The highest BCUT2D eigenvalue weighted by Gasteiger charge is 2.28. The van der Waals surface area contributed by atoms with Crippen molar-refractivity contribution in [2.45, 2.75) is 46.0 Å². The van der Waals surface area contributed by atoms with Crippen LogP contribution in [0.4, 0.5) is 5.69 Å². The van der Waals surface area contributed by atoms with Gasteiger partial charge in [-0.15, -0.1) is 0 Å². The summed E-state index contributed by atoms with van der Waals surface area (Å²) in [5, 5.41) is 10.3. The predicted molar refractivity (Wildman–Crippen MR) is 143 cm³/mol. The van der Waals surface area contributed by atoms with Gasteiger partial charge in [0.15, 0.2) is 0 Å². The van der Waals surface area contributed by atoms with Gasteiger partial charge >= 0.3 is 0 Å². The first-order valence-electron chi connectivity index (χ1n) is 12.7. The zero-order valence-electron chi connectivity index (χ0n) is 21.3. The third-order valence-electron chi connectivity index (χ3n) is 7.78. The Balaban J connectivity index is 0.000000591. The SMILES string of the molecule is CC(=O)O.Cc1ccccc1C1=c2ccc3c(c2Cc2c1ccc1c2CCCN1C)CCC[N+]=3C. The highest BCUT2D eigenvalue weighted by atomic mass is 16.4. The van der Waals surface area contributed by atoms with Crippen molar-refractivity contribution in [2.24, 2.45) is 0 Å². The minimum absolute atomic E-state index is 0.833. The van der Waals surface area contributed by atoms with Crippen molar-refractivity contribution < 1.29 is 9.90 Å². The Morgan fingerprint density at radius 3 is 2.43 bits per heavy atom. The van der Waals surface area contributed by atoms with Gasteiger partial charge in [0.25, 0.3) is 5.97 Å². The molecule has 2 heterocycles. The second-order valence-electron chi connectivity index (χ2n) is 10.1. The predicted octanol–water partition coefficient (Wildman–Crippen LogP) is 3.69. The van der Waals surface area contributed by atoms with Gasteiger partial charge in [-0.25, -0.2) is 4.58 Å². The van der Waals surface area contributed by atoms with Crippen LogP contribution in [0.25, 0.3) is 5.57 Å². The molecule has 4 nitrogen and oxygen atoms in total. The fraction of sp³-hybridized carbons (Fsp3) is 0.355. The molecule has 0 unspecified atom stereocenters. The summed E-state index contributed by atoms with van der Waals surface area (Å²) >= 11 is 0. The van der Waals surface area contributed by atoms with Crippen LogP contribution in [0.15, 0.2) is 48.5 Å². The van der Waals surface area contributed by atoms with Crippen LogP contribution < -0.4 is 20.1 Å². The highest BCUT2D eigenvalue weighted by Crippen LogP contribution is 2.39. The number of aliphatic carboxylic acids is 1. The summed E-state index contributed by atoms with van der Waals surface area (Å²) < 4.78 is 2.45. The third kappa shape index (κ3) is 4.16. The monoisotopic (exact) mass is 467 g/mol. The van der Waals surface area contributed by atoms with E-state index in [1.807, 2.05) is 0 Å². The maximum absolute atomic E-state index is 9.00. The Morgan fingerprint density at radius 1 is 0.914 bits per heavy atom. The molecular formula is C31H35N2O2+. The maximum atomic E-state index is 9.00. The Morgan fingerprint density at radius 2 is 1.66 bits per heavy atom. The molecule has 0 fully saturated rings. The van der Waals surface area contributed by atoms with Crippen molar-refractivity contribution in [3.8, 4) is 0 Å². The largest absolute Gasteiger partial charge is 0.481 e. The van der Waals surface area contributed by atoms with E-state index in [9.17, 15) is 0 Å². The Labute approximate surface area is 207 Å². The van der Waals surface area contributed by atoms with E-state index in [0.717, 1.165) is 26.4 Å². The number of carboxylic acids is 1. The second kappa shape index (κ2) is 9.33. The van der Waals surface area contributed by atoms with Crippen LogP contribution in [0.5, 0.6) is 0 Å². The summed E-state index contributed by atoms with van der Waals surface area (Å²) in [5.74, 6) is -0.833. The van der Waals surface area contributed by atoms with Crippen molar-refractivity contribution in [1.29, 1.82) is 0 Å². The Kier molecular flexibility index (Phi) is 6.22. The molecule has 3 aromatic carbocycles. The van der Waals surface area contributed by atoms with Crippen LogP contribution in [0.3, 0.4) is 0 Å². The summed E-state index contributed by atoms with van der Waals surface area (Å²) in [5.41, 5.74) is 13.4. The van der Waals surface area contributed by atoms with Crippen molar-refractivity contribution in [2.75, 3.05) is 32.1 Å². The standard InChI is InChI=1S/C29H31N2.C2H4O2/c1-19-8-4-5-9-20(19)29-23-12-14-27-21(10-6-16-30(27)2)25(23)18-26-22-11-7-17-31(3)28(22)15-13-24(26)29;1-2(3)4/h4-5,8-9,12-15H,6-7,10-11,16-18H2,1-3H3;1H3,(H,3,4)/q+1;. The number of hydrogen-bond acceptors (Lipinski definition) is 2. The summed E-state index contributed by atoms with van der Waals surface area (Å²) in [6, 6.07) is 18.5. The lowest BCUT2D eigenvalue weighted by Gasteiger charge is -2.33. The molecule has 3 aliphatic rings. The number of hydrogen-bond donors (Lipinski definition) is 1. The molecule has 4 heteroatoms. The number of anilines is 1. The Bertz CT molecular complexity index is 1450. The minimum Gasteiger partial charge on any atom is -0.481 e. The zero-order chi connectivity index (χ0) is 24.7. The summed E-state index contributed by atoms with van der Waals surface area (Å²) in [4.78, 5) is 11.5. The topological polar surface area (TPSA) is 43.5 Å². The minimum atomic E-state index is -0.833. The number of aryl methyl sites for hydroxylation is 1. The van der Waals surface area contributed by atoms with E-state index >= 15 is 0 Å². The quantitative estimate of drug-likeness (QED) is 0.434. The van der Waals surface area contributed by atoms with Crippen LogP contribution in [0.2, 0.25) is 0 Å². The van der Waals surface area contributed by atoms with Gasteiger partial charge in [0.2, 0.25) is 5.36 Å². The number of nitrogens with zero attached hydrogens (tertiary/aromatic N) is 2. The smallest absolute Gasteiger partial charge is 0.300 e. The lowest BCUT2D eigenvalue weighted by Crippen LogP contribution is -2.39. The molecule has 0 bridgehead atoms. The molecular weight excluding hydrogens is 432 g/mol. The first-order chi connectivity index (χ1) is 16.9. The van der Waals surface area contributed by atoms with E-state index in [4.69, 9.17) is 9.90 Å². The average molecular weight is 468 g/mol. The van der Waals surface area contributed by atoms with Gasteiger partial charge in [-0.2, -0.15) is 0 Å². The molecule has 0 amide bonds. The van der Waals surface area contributed by atoms with E-state index in [1.165, 1.54) is 64.2 Å². The second-order valence-corrected chi connectivity index (χ2v) is 10.1. The van der Waals surface area contributed by atoms with E-state index < -0.39 is 5.97 Å². The number of fused-ring (bicyclic) bond motifs is 6. The van der Waals surface area contributed by atoms with Crippen LogP contribution in [-0.4, -0.2) is 38.3 Å². The van der Waals surface area contributed by atoms with Gasteiger partial charge in [-0.3, -0.25) is 4.79 Å².